The Morgan fingerprint density at radius 3 is 2.17 bits per heavy atom. The van der Waals surface area contributed by atoms with E-state index in [1.165, 1.54) is 50.5 Å². The summed E-state index contributed by atoms with van der Waals surface area (Å²) in [7, 11) is 0. The highest BCUT2D eigenvalue weighted by molar-refractivity contribution is 5.15. The SMILES string of the molecule is C=C[C@H](CC12CC3CC(CC(C3)C1)C2)[C@H](O)CCc1ccccc1. The lowest BCUT2D eigenvalue weighted by Crippen LogP contribution is -2.47. The fraction of sp³-hybridized carbons (Fsp3) is 0.652. The van der Waals surface area contributed by atoms with E-state index in [1.54, 1.807) is 0 Å². The Bertz CT molecular complexity index is 525. The molecule has 4 fully saturated rings. The molecule has 1 aromatic carbocycles. The first-order chi connectivity index (χ1) is 11.7. The molecule has 0 saturated heterocycles. The van der Waals surface area contributed by atoms with Gasteiger partial charge < -0.3 is 5.11 Å². The van der Waals surface area contributed by atoms with E-state index in [-0.39, 0.29) is 12.0 Å². The number of aliphatic hydroxyl groups excluding tert-OH is 1. The van der Waals surface area contributed by atoms with Crippen LogP contribution in [0.25, 0.3) is 0 Å². The van der Waals surface area contributed by atoms with Crippen molar-refractivity contribution in [3.05, 3.63) is 48.6 Å². The van der Waals surface area contributed by atoms with Crippen molar-refractivity contribution in [3.8, 4) is 0 Å². The Labute approximate surface area is 147 Å². The number of hydrogen-bond donors (Lipinski definition) is 1. The van der Waals surface area contributed by atoms with Gasteiger partial charge in [-0.1, -0.05) is 36.4 Å². The Morgan fingerprint density at radius 2 is 1.62 bits per heavy atom. The van der Waals surface area contributed by atoms with E-state index in [2.05, 4.69) is 36.9 Å². The highest BCUT2D eigenvalue weighted by Crippen LogP contribution is 2.62. The molecule has 4 bridgehead atoms. The molecule has 0 unspecified atom stereocenters. The van der Waals surface area contributed by atoms with Crippen molar-refractivity contribution in [1.82, 2.24) is 0 Å². The molecule has 4 saturated carbocycles. The quantitative estimate of drug-likeness (QED) is 0.667. The summed E-state index contributed by atoms with van der Waals surface area (Å²) in [6.45, 7) is 4.08. The normalized spacial score (nSPS) is 36.5. The monoisotopic (exact) mass is 324 g/mol. The molecular weight excluding hydrogens is 292 g/mol. The summed E-state index contributed by atoms with van der Waals surface area (Å²) in [5, 5.41) is 10.8. The zero-order chi connectivity index (χ0) is 16.6. The number of rotatable bonds is 7. The van der Waals surface area contributed by atoms with Crippen LogP contribution in [0.2, 0.25) is 0 Å². The summed E-state index contributed by atoms with van der Waals surface area (Å²) in [5.41, 5.74) is 1.86. The van der Waals surface area contributed by atoms with Crippen LogP contribution in [0.15, 0.2) is 43.0 Å². The minimum Gasteiger partial charge on any atom is -0.393 e. The molecule has 0 heterocycles. The molecule has 0 amide bonds. The minimum atomic E-state index is -0.240. The highest BCUT2D eigenvalue weighted by Gasteiger charge is 2.51. The Hall–Kier alpha value is -1.08. The molecule has 0 aliphatic heterocycles. The van der Waals surface area contributed by atoms with Crippen LogP contribution in [-0.2, 0) is 6.42 Å². The van der Waals surface area contributed by atoms with Gasteiger partial charge in [0.2, 0.25) is 0 Å². The second-order valence-electron chi connectivity index (χ2n) is 9.11. The molecule has 1 aromatic rings. The molecule has 4 aliphatic rings. The van der Waals surface area contributed by atoms with Crippen LogP contribution < -0.4 is 0 Å². The largest absolute Gasteiger partial charge is 0.393 e. The lowest BCUT2D eigenvalue weighted by Gasteiger charge is -2.58. The molecule has 1 N–H and O–H groups in total. The molecule has 0 spiro atoms. The van der Waals surface area contributed by atoms with Crippen LogP contribution in [-0.4, -0.2) is 11.2 Å². The van der Waals surface area contributed by atoms with Gasteiger partial charge in [0, 0.05) is 5.92 Å². The summed E-state index contributed by atoms with van der Waals surface area (Å²) in [4.78, 5) is 0. The Morgan fingerprint density at radius 1 is 1.04 bits per heavy atom. The average Bonchev–Trinajstić information content (AvgIpc) is 2.57. The summed E-state index contributed by atoms with van der Waals surface area (Å²) in [6.07, 6.45) is 13.6. The van der Waals surface area contributed by atoms with E-state index in [9.17, 15) is 5.11 Å². The highest BCUT2D eigenvalue weighted by atomic mass is 16.3. The lowest BCUT2D eigenvalue weighted by molar-refractivity contribution is -0.0708. The van der Waals surface area contributed by atoms with Gasteiger partial charge >= 0.3 is 0 Å². The van der Waals surface area contributed by atoms with Gasteiger partial charge in [-0.2, -0.15) is 0 Å². The number of hydrogen-bond acceptors (Lipinski definition) is 1. The summed E-state index contributed by atoms with van der Waals surface area (Å²) < 4.78 is 0. The van der Waals surface area contributed by atoms with Crippen molar-refractivity contribution in [2.75, 3.05) is 0 Å². The van der Waals surface area contributed by atoms with Crippen LogP contribution in [0.4, 0.5) is 0 Å². The maximum Gasteiger partial charge on any atom is 0.0606 e. The topological polar surface area (TPSA) is 20.2 Å². The standard InChI is InChI=1S/C23H32O/c1-2-21(22(24)9-8-17-6-4-3-5-7-17)16-23-13-18-10-19(14-23)12-20(11-18)15-23/h2-7,18-22,24H,1,8-16H2/t18?,19?,20?,21-,22-,23?/m1/s1. The minimum absolute atomic E-state index is 0.240. The van der Waals surface area contributed by atoms with Crippen molar-refractivity contribution >= 4 is 0 Å². The molecule has 5 rings (SSSR count). The van der Waals surface area contributed by atoms with Gasteiger partial charge in [-0.15, -0.1) is 6.58 Å². The van der Waals surface area contributed by atoms with Gasteiger partial charge in [0.25, 0.3) is 0 Å². The van der Waals surface area contributed by atoms with Crippen LogP contribution in [0.5, 0.6) is 0 Å². The maximum absolute atomic E-state index is 10.8. The van der Waals surface area contributed by atoms with Gasteiger partial charge in [-0.3, -0.25) is 0 Å². The third kappa shape index (κ3) is 3.33. The molecule has 1 heteroatoms. The Kier molecular flexibility index (Phi) is 4.56. The molecule has 4 aliphatic carbocycles. The zero-order valence-corrected chi connectivity index (χ0v) is 14.9. The fourth-order valence-electron chi connectivity index (χ4n) is 6.59. The Balaban J connectivity index is 1.38. The summed E-state index contributed by atoms with van der Waals surface area (Å²) >= 11 is 0. The number of aryl methyl sites for hydroxylation is 1. The predicted octanol–water partition coefficient (Wildman–Crippen LogP) is 5.39. The maximum atomic E-state index is 10.8. The van der Waals surface area contributed by atoms with E-state index < -0.39 is 0 Å². The molecule has 1 nitrogen and oxygen atoms in total. The second-order valence-corrected chi connectivity index (χ2v) is 9.11. The van der Waals surface area contributed by atoms with Crippen LogP contribution >= 0.6 is 0 Å². The average molecular weight is 325 g/mol. The molecule has 0 radical (unpaired) electrons. The van der Waals surface area contributed by atoms with Gasteiger partial charge in [0.1, 0.15) is 0 Å². The molecule has 0 aromatic heterocycles. The van der Waals surface area contributed by atoms with Crippen LogP contribution in [0.1, 0.15) is 56.9 Å². The van der Waals surface area contributed by atoms with Crippen LogP contribution in [0.3, 0.4) is 0 Å². The number of benzene rings is 1. The third-order valence-electron chi connectivity index (χ3n) is 7.20. The van der Waals surface area contributed by atoms with E-state index in [0.717, 1.165) is 30.6 Å². The van der Waals surface area contributed by atoms with E-state index in [1.807, 2.05) is 6.08 Å². The van der Waals surface area contributed by atoms with Crippen molar-refractivity contribution in [2.24, 2.45) is 29.1 Å². The van der Waals surface area contributed by atoms with Gasteiger partial charge in [-0.25, -0.2) is 0 Å². The fourth-order valence-corrected chi connectivity index (χ4v) is 6.59. The number of aliphatic hydroxyl groups is 1. The predicted molar refractivity (Wildman–Crippen MR) is 99.7 cm³/mol. The van der Waals surface area contributed by atoms with Crippen molar-refractivity contribution in [2.45, 2.75) is 63.9 Å². The summed E-state index contributed by atoms with van der Waals surface area (Å²) in [5.74, 6) is 3.24. The molecular formula is C23H32O. The van der Waals surface area contributed by atoms with E-state index in [4.69, 9.17) is 0 Å². The van der Waals surface area contributed by atoms with Crippen LogP contribution in [0, 0.1) is 29.1 Å². The first kappa shape index (κ1) is 16.4. The van der Waals surface area contributed by atoms with E-state index >= 15 is 0 Å². The van der Waals surface area contributed by atoms with Crippen molar-refractivity contribution < 1.29 is 5.11 Å². The molecule has 24 heavy (non-hydrogen) atoms. The lowest BCUT2D eigenvalue weighted by atomic mass is 9.48. The first-order valence-corrected chi connectivity index (χ1v) is 10.0. The molecule has 2 atom stereocenters. The second kappa shape index (κ2) is 6.67. The first-order valence-electron chi connectivity index (χ1n) is 10.0. The van der Waals surface area contributed by atoms with Crippen molar-refractivity contribution in [3.63, 3.8) is 0 Å². The van der Waals surface area contributed by atoms with Crippen molar-refractivity contribution in [1.29, 1.82) is 0 Å². The van der Waals surface area contributed by atoms with Gasteiger partial charge in [-0.05, 0) is 86.5 Å². The van der Waals surface area contributed by atoms with E-state index in [0.29, 0.717) is 5.41 Å². The molecule has 130 valence electrons. The van der Waals surface area contributed by atoms with Gasteiger partial charge in [0.15, 0.2) is 0 Å². The third-order valence-corrected chi connectivity index (χ3v) is 7.20. The summed E-state index contributed by atoms with van der Waals surface area (Å²) in [6, 6.07) is 10.5. The smallest absolute Gasteiger partial charge is 0.0606 e. The zero-order valence-electron chi connectivity index (χ0n) is 14.9. The van der Waals surface area contributed by atoms with Gasteiger partial charge in [0.05, 0.1) is 6.10 Å².